The highest BCUT2D eigenvalue weighted by Gasteiger charge is 2.05. The van der Waals surface area contributed by atoms with Crippen molar-refractivity contribution < 1.29 is 9.90 Å². The standard InChI is InChI=1S/C10H8N2O2/c1-7-2-3-9(12-6-7)4-8(5-11)10(13)14/h2-4,6H,1H3,(H,13,14)/b8-4-. The van der Waals surface area contributed by atoms with E-state index >= 15 is 0 Å². The highest BCUT2D eigenvalue weighted by molar-refractivity contribution is 5.96. The Morgan fingerprint density at radius 1 is 1.64 bits per heavy atom. The van der Waals surface area contributed by atoms with Gasteiger partial charge < -0.3 is 5.11 Å². The molecule has 0 saturated carbocycles. The monoisotopic (exact) mass is 188 g/mol. The normalized spacial score (nSPS) is 10.7. The predicted octanol–water partition coefficient (Wildman–Crippen LogP) is 1.38. The van der Waals surface area contributed by atoms with E-state index < -0.39 is 5.97 Å². The number of carboxylic acids is 1. The number of rotatable bonds is 2. The third-order valence-electron chi connectivity index (χ3n) is 1.58. The Morgan fingerprint density at radius 3 is 2.79 bits per heavy atom. The molecule has 1 heterocycles. The molecule has 0 spiro atoms. The van der Waals surface area contributed by atoms with Gasteiger partial charge >= 0.3 is 5.97 Å². The van der Waals surface area contributed by atoms with E-state index in [9.17, 15) is 4.79 Å². The molecule has 0 aromatic carbocycles. The molecule has 4 nitrogen and oxygen atoms in total. The summed E-state index contributed by atoms with van der Waals surface area (Å²) in [5.41, 5.74) is 1.13. The van der Waals surface area contributed by atoms with Gasteiger partial charge in [0.1, 0.15) is 11.6 Å². The average molecular weight is 188 g/mol. The molecule has 0 unspecified atom stereocenters. The average Bonchev–Trinajstić information content (AvgIpc) is 2.16. The molecule has 4 heteroatoms. The quantitative estimate of drug-likeness (QED) is 0.562. The molecular formula is C10H8N2O2. The second-order valence-electron chi connectivity index (χ2n) is 2.74. The molecular weight excluding hydrogens is 180 g/mol. The lowest BCUT2D eigenvalue weighted by molar-refractivity contribution is -0.132. The van der Waals surface area contributed by atoms with Gasteiger partial charge in [-0.1, -0.05) is 6.07 Å². The van der Waals surface area contributed by atoms with Crippen LogP contribution < -0.4 is 0 Å². The molecule has 0 amide bonds. The third-order valence-corrected chi connectivity index (χ3v) is 1.58. The number of carboxylic acid groups (broad SMARTS) is 1. The smallest absolute Gasteiger partial charge is 0.346 e. The maximum atomic E-state index is 10.5. The molecule has 0 saturated heterocycles. The van der Waals surface area contributed by atoms with E-state index in [-0.39, 0.29) is 5.57 Å². The summed E-state index contributed by atoms with van der Waals surface area (Å²) >= 11 is 0. The molecule has 0 bridgehead atoms. The number of nitrogens with zero attached hydrogens (tertiary/aromatic N) is 2. The minimum absolute atomic E-state index is 0.318. The van der Waals surface area contributed by atoms with Gasteiger partial charge in [-0.15, -0.1) is 0 Å². The summed E-state index contributed by atoms with van der Waals surface area (Å²) in [6.07, 6.45) is 2.85. The molecule has 0 aliphatic rings. The van der Waals surface area contributed by atoms with Crippen LogP contribution >= 0.6 is 0 Å². The van der Waals surface area contributed by atoms with Crippen LogP contribution in [0.15, 0.2) is 23.9 Å². The van der Waals surface area contributed by atoms with Gasteiger partial charge in [0.2, 0.25) is 0 Å². The lowest BCUT2D eigenvalue weighted by Gasteiger charge is -1.94. The van der Waals surface area contributed by atoms with Gasteiger partial charge in [0, 0.05) is 6.20 Å². The van der Waals surface area contributed by atoms with Crippen LogP contribution in [0.3, 0.4) is 0 Å². The molecule has 14 heavy (non-hydrogen) atoms. The Hall–Kier alpha value is -2.15. The van der Waals surface area contributed by atoms with E-state index in [1.807, 2.05) is 6.92 Å². The molecule has 1 aromatic heterocycles. The van der Waals surface area contributed by atoms with Crippen LogP contribution in [-0.2, 0) is 4.79 Å². The number of aliphatic carboxylic acids is 1. The third kappa shape index (κ3) is 2.42. The van der Waals surface area contributed by atoms with Gasteiger partial charge in [-0.2, -0.15) is 5.26 Å². The summed E-state index contributed by atoms with van der Waals surface area (Å²) in [6, 6.07) is 5.05. The molecule has 0 atom stereocenters. The number of aromatic nitrogens is 1. The summed E-state index contributed by atoms with van der Waals surface area (Å²) in [5, 5.41) is 17.1. The zero-order valence-electron chi connectivity index (χ0n) is 7.56. The fourth-order valence-electron chi connectivity index (χ4n) is 0.854. The molecule has 1 rings (SSSR count). The number of pyridine rings is 1. The summed E-state index contributed by atoms with van der Waals surface area (Å²) in [7, 11) is 0. The van der Waals surface area contributed by atoms with Crippen LogP contribution in [0.4, 0.5) is 0 Å². The number of nitriles is 1. The van der Waals surface area contributed by atoms with E-state index in [0.717, 1.165) is 5.56 Å². The Morgan fingerprint density at radius 2 is 2.36 bits per heavy atom. The fraction of sp³-hybridized carbons (Fsp3) is 0.100. The highest BCUT2D eigenvalue weighted by Crippen LogP contribution is 2.04. The molecule has 70 valence electrons. The maximum Gasteiger partial charge on any atom is 0.346 e. The van der Waals surface area contributed by atoms with Crippen LogP contribution in [-0.4, -0.2) is 16.1 Å². The minimum Gasteiger partial charge on any atom is -0.477 e. The van der Waals surface area contributed by atoms with E-state index in [0.29, 0.717) is 5.69 Å². The first-order valence-electron chi connectivity index (χ1n) is 3.91. The SMILES string of the molecule is Cc1ccc(/C=C(/C#N)C(=O)O)nc1. The first kappa shape index (κ1) is 9.93. The molecule has 0 aliphatic carbocycles. The van der Waals surface area contributed by atoms with Crippen molar-refractivity contribution in [1.29, 1.82) is 5.26 Å². The van der Waals surface area contributed by atoms with Crippen LogP contribution in [0.1, 0.15) is 11.3 Å². The molecule has 0 radical (unpaired) electrons. The summed E-state index contributed by atoms with van der Waals surface area (Å²) < 4.78 is 0. The van der Waals surface area contributed by atoms with E-state index in [1.54, 1.807) is 24.4 Å². The predicted molar refractivity (Wildman–Crippen MR) is 50.2 cm³/mol. The van der Waals surface area contributed by atoms with Crippen molar-refractivity contribution >= 4 is 12.0 Å². The van der Waals surface area contributed by atoms with Gasteiger partial charge in [-0.25, -0.2) is 4.79 Å². The number of hydrogen-bond acceptors (Lipinski definition) is 3. The fourth-order valence-corrected chi connectivity index (χ4v) is 0.854. The van der Waals surface area contributed by atoms with Gasteiger partial charge in [0.25, 0.3) is 0 Å². The molecule has 0 aliphatic heterocycles. The van der Waals surface area contributed by atoms with Crippen LogP contribution in [0.5, 0.6) is 0 Å². The second kappa shape index (κ2) is 4.19. The van der Waals surface area contributed by atoms with E-state index in [1.165, 1.54) is 6.08 Å². The van der Waals surface area contributed by atoms with Crippen molar-refractivity contribution in [2.45, 2.75) is 6.92 Å². The van der Waals surface area contributed by atoms with Gasteiger partial charge in [-0.3, -0.25) is 4.98 Å². The minimum atomic E-state index is -1.24. The summed E-state index contributed by atoms with van der Waals surface area (Å²) in [5.74, 6) is -1.24. The van der Waals surface area contributed by atoms with Crippen LogP contribution in [0, 0.1) is 18.3 Å². The Kier molecular flexibility index (Phi) is 2.97. The van der Waals surface area contributed by atoms with Gasteiger partial charge in [0.15, 0.2) is 0 Å². The van der Waals surface area contributed by atoms with Crippen molar-refractivity contribution in [3.05, 3.63) is 35.2 Å². The zero-order valence-corrected chi connectivity index (χ0v) is 7.56. The van der Waals surface area contributed by atoms with Crippen LogP contribution in [0.2, 0.25) is 0 Å². The Labute approximate surface area is 81.1 Å². The Bertz CT molecular complexity index is 413. The topological polar surface area (TPSA) is 74.0 Å². The summed E-state index contributed by atoms with van der Waals surface area (Å²) in [4.78, 5) is 14.4. The number of aryl methyl sites for hydroxylation is 1. The molecule has 1 aromatic rings. The first-order valence-corrected chi connectivity index (χ1v) is 3.91. The number of carbonyl (C=O) groups is 1. The van der Waals surface area contributed by atoms with Crippen LogP contribution in [0.25, 0.3) is 6.08 Å². The largest absolute Gasteiger partial charge is 0.477 e. The second-order valence-corrected chi connectivity index (χ2v) is 2.74. The molecule has 1 N–H and O–H groups in total. The lowest BCUT2D eigenvalue weighted by Crippen LogP contribution is -1.97. The maximum absolute atomic E-state index is 10.5. The molecule has 0 fully saturated rings. The lowest BCUT2D eigenvalue weighted by atomic mass is 10.2. The van der Waals surface area contributed by atoms with Crippen molar-refractivity contribution in [1.82, 2.24) is 4.98 Å². The van der Waals surface area contributed by atoms with Crippen molar-refractivity contribution in [3.63, 3.8) is 0 Å². The van der Waals surface area contributed by atoms with Crippen molar-refractivity contribution in [2.75, 3.05) is 0 Å². The van der Waals surface area contributed by atoms with Gasteiger partial charge in [0.05, 0.1) is 5.69 Å². The number of hydrogen-bond donors (Lipinski definition) is 1. The van der Waals surface area contributed by atoms with Crippen molar-refractivity contribution in [3.8, 4) is 6.07 Å². The summed E-state index contributed by atoms with van der Waals surface area (Å²) in [6.45, 7) is 1.88. The van der Waals surface area contributed by atoms with Gasteiger partial charge in [-0.05, 0) is 24.6 Å². The van der Waals surface area contributed by atoms with E-state index in [4.69, 9.17) is 10.4 Å². The highest BCUT2D eigenvalue weighted by atomic mass is 16.4. The zero-order chi connectivity index (χ0) is 10.6. The van der Waals surface area contributed by atoms with E-state index in [2.05, 4.69) is 4.98 Å². The van der Waals surface area contributed by atoms with Crippen molar-refractivity contribution in [2.24, 2.45) is 0 Å². The Balaban J connectivity index is 3.03. The first-order chi connectivity index (χ1) is 6.63.